The van der Waals surface area contributed by atoms with Crippen molar-refractivity contribution in [3.63, 3.8) is 0 Å². The third-order valence-corrected chi connectivity index (χ3v) is 4.83. The summed E-state index contributed by atoms with van der Waals surface area (Å²) in [6.45, 7) is 2.83. The Labute approximate surface area is 130 Å². The minimum absolute atomic E-state index is 0.321. The molecule has 0 aromatic rings. The zero-order chi connectivity index (χ0) is 15.8. The molecule has 0 amide bonds. The van der Waals surface area contributed by atoms with Crippen molar-refractivity contribution in [2.45, 2.75) is 71.1 Å². The minimum atomic E-state index is -3.30. The highest BCUT2D eigenvalue weighted by atomic mass is 31.2. The molecule has 6 heteroatoms. The molecule has 5 nitrogen and oxygen atoms in total. The van der Waals surface area contributed by atoms with E-state index in [2.05, 4.69) is 0 Å². The van der Waals surface area contributed by atoms with E-state index in [1.807, 2.05) is 0 Å². The number of phosphoric acid groups is 1. The summed E-state index contributed by atoms with van der Waals surface area (Å²) in [5.41, 5.74) is 0. The van der Waals surface area contributed by atoms with Gasteiger partial charge in [0.05, 0.1) is 13.2 Å². The Balaban J connectivity index is 3.27. The lowest BCUT2D eigenvalue weighted by molar-refractivity contribution is 0.134. The first kappa shape index (κ1) is 21.1. The topological polar surface area (TPSA) is 65.0 Å². The van der Waals surface area contributed by atoms with Crippen LogP contribution in [-0.2, 0) is 18.1 Å². The first-order valence-corrected chi connectivity index (χ1v) is 9.70. The molecule has 0 aliphatic rings. The molecule has 1 N–H and O–H groups in total. The van der Waals surface area contributed by atoms with Crippen LogP contribution < -0.4 is 0 Å². The molecule has 0 aromatic heterocycles. The van der Waals surface area contributed by atoms with Gasteiger partial charge >= 0.3 is 7.82 Å². The Kier molecular flexibility index (Phi) is 15.0. The zero-order valence-electron chi connectivity index (χ0n) is 13.7. The monoisotopic (exact) mass is 324 g/mol. The molecule has 21 heavy (non-hydrogen) atoms. The third-order valence-electron chi connectivity index (χ3n) is 3.31. The standard InChI is InChI=1S/C15H33O5P/c1-3-19-21(17,18-2)20-15-13-11-9-7-5-4-6-8-10-12-14-16/h16H,3-15H2,1-2H3. The van der Waals surface area contributed by atoms with Crippen molar-refractivity contribution in [1.82, 2.24) is 0 Å². The molecule has 0 heterocycles. The SMILES string of the molecule is CCOP(=O)(OC)OCCCCCCCCCCCCO. The maximum Gasteiger partial charge on any atom is 0.474 e. The molecule has 1 unspecified atom stereocenters. The van der Waals surface area contributed by atoms with Gasteiger partial charge in [-0.3, -0.25) is 13.6 Å². The lowest BCUT2D eigenvalue weighted by Gasteiger charge is -2.14. The van der Waals surface area contributed by atoms with Crippen molar-refractivity contribution in [3.8, 4) is 0 Å². The smallest absolute Gasteiger partial charge is 0.396 e. The number of unbranched alkanes of at least 4 members (excludes halogenated alkanes) is 9. The van der Waals surface area contributed by atoms with E-state index in [1.165, 1.54) is 45.6 Å². The van der Waals surface area contributed by atoms with E-state index in [0.29, 0.717) is 19.8 Å². The van der Waals surface area contributed by atoms with Gasteiger partial charge in [0.25, 0.3) is 0 Å². The molecule has 0 aliphatic heterocycles. The fourth-order valence-electron chi connectivity index (χ4n) is 2.11. The lowest BCUT2D eigenvalue weighted by Crippen LogP contribution is -1.99. The van der Waals surface area contributed by atoms with Gasteiger partial charge in [-0.05, 0) is 19.8 Å². The number of phosphoric ester groups is 1. The molecule has 0 fully saturated rings. The van der Waals surface area contributed by atoms with Crippen molar-refractivity contribution in [2.75, 3.05) is 26.9 Å². The molecule has 0 spiro atoms. The van der Waals surface area contributed by atoms with E-state index in [4.69, 9.17) is 18.7 Å². The van der Waals surface area contributed by atoms with E-state index < -0.39 is 7.82 Å². The molecule has 128 valence electrons. The normalized spacial score (nSPS) is 14.2. The fraction of sp³-hybridized carbons (Fsp3) is 1.00. The molecule has 0 saturated carbocycles. The average molecular weight is 324 g/mol. The van der Waals surface area contributed by atoms with E-state index in [0.717, 1.165) is 25.7 Å². The van der Waals surface area contributed by atoms with Gasteiger partial charge in [0, 0.05) is 13.7 Å². The molecule has 1 atom stereocenters. The Hall–Kier alpha value is 0.0700. The second-order valence-electron chi connectivity index (χ2n) is 5.14. The molecule has 0 rings (SSSR count). The second-order valence-corrected chi connectivity index (χ2v) is 6.92. The van der Waals surface area contributed by atoms with Gasteiger partial charge in [-0.15, -0.1) is 0 Å². The van der Waals surface area contributed by atoms with Crippen LogP contribution in [0, 0.1) is 0 Å². The minimum Gasteiger partial charge on any atom is -0.396 e. The predicted molar refractivity (Wildman–Crippen MR) is 85.4 cm³/mol. The van der Waals surface area contributed by atoms with Gasteiger partial charge in [0.15, 0.2) is 0 Å². The number of hydrogen-bond acceptors (Lipinski definition) is 5. The summed E-state index contributed by atoms with van der Waals surface area (Å²) in [7, 11) is -1.95. The average Bonchev–Trinajstić information content (AvgIpc) is 2.48. The molecule has 0 aliphatic carbocycles. The summed E-state index contributed by atoms with van der Waals surface area (Å²) >= 11 is 0. The van der Waals surface area contributed by atoms with Crippen LogP contribution in [0.3, 0.4) is 0 Å². The maximum atomic E-state index is 11.8. The second kappa shape index (κ2) is 15.0. The summed E-state index contributed by atoms with van der Waals surface area (Å²) in [5.74, 6) is 0. The van der Waals surface area contributed by atoms with E-state index >= 15 is 0 Å². The zero-order valence-corrected chi connectivity index (χ0v) is 14.6. The quantitative estimate of drug-likeness (QED) is 0.330. The molecule has 0 aromatic carbocycles. The lowest BCUT2D eigenvalue weighted by atomic mass is 10.1. The van der Waals surface area contributed by atoms with Crippen LogP contribution in [0.4, 0.5) is 0 Å². The van der Waals surface area contributed by atoms with Crippen LogP contribution in [0.2, 0.25) is 0 Å². The largest absolute Gasteiger partial charge is 0.474 e. The number of aliphatic hydroxyl groups is 1. The van der Waals surface area contributed by atoms with E-state index in [1.54, 1.807) is 6.92 Å². The van der Waals surface area contributed by atoms with Gasteiger partial charge in [0.1, 0.15) is 0 Å². The first-order chi connectivity index (χ1) is 10.2. The molecular formula is C15H33O5P. The highest BCUT2D eigenvalue weighted by molar-refractivity contribution is 7.48. The van der Waals surface area contributed by atoms with Crippen LogP contribution in [0.1, 0.15) is 71.1 Å². The maximum absolute atomic E-state index is 11.8. The summed E-state index contributed by atoms with van der Waals surface area (Å²) in [5, 5.41) is 8.66. The first-order valence-electron chi connectivity index (χ1n) is 8.24. The van der Waals surface area contributed by atoms with Crippen molar-refractivity contribution in [2.24, 2.45) is 0 Å². The van der Waals surface area contributed by atoms with Gasteiger partial charge in [-0.1, -0.05) is 51.4 Å². The van der Waals surface area contributed by atoms with Gasteiger partial charge in [-0.2, -0.15) is 0 Å². The highest BCUT2D eigenvalue weighted by Crippen LogP contribution is 2.48. The number of hydrogen-bond donors (Lipinski definition) is 1. The van der Waals surface area contributed by atoms with Gasteiger partial charge in [-0.25, -0.2) is 4.57 Å². The molecule has 0 saturated heterocycles. The highest BCUT2D eigenvalue weighted by Gasteiger charge is 2.23. The number of aliphatic hydroxyl groups excluding tert-OH is 1. The van der Waals surface area contributed by atoms with Crippen LogP contribution in [0.25, 0.3) is 0 Å². The van der Waals surface area contributed by atoms with Crippen LogP contribution in [0.15, 0.2) is 0 Å². The fourth-order valence-corrected chi connectivity index (χ4v) is 3.06. The Morgan fingerprint density at radius 1 is 0.810 bits per heavy atom. The Morgan fingerprint density at radius 3 is 1.71 bits per heavy atom. The van der Waals surface area contributed by atoms with Crippen LogP contribution in [0.5, 0.6) is 0 Å². The van der Waals surface area contributed by atoms with Crippen LogP contribution >= 0.6 is 7.82 Å². The molecule has 0 radical (unpaired) electrons. The van der Waals surface area contributed by atoms with Crippen molar-refractivity contribution >= 4 is 7.82 Å². The van der Waals surface area contributed by atoms with Gasteiger partial charge < -0.3 is 5.11 Å². The summed E-state index contributed by atoms with van der Waals surface area (Å²) in [6.07, 6.45) is 11.5. The summed E-state index contributed by atoms with van der Waals surface area (Å²) < 4.78 is 26.7. The molecule has 0 bridgehead atoms. The molecular weight excluding hydrogens is 291 g/mol. The third kappa shape index (κ3) is 13.5. The number of rotatable bonds is 16. The van der Waals surface area contributed by atoms with Gasteiger partial charge in [0.2, 0.25) is 0 Å². The van der Waals surface area contributed by atoms with Crippen molar-refractivity contribution < 1.29 is 23.2 Å². The van der Waals surface area contributed by atoms with E-state index in [-0.39, 0.29) is 0 Å². The predicted octanol–water partition coefficient (Wildman–Crippen LogP) is 4.69. The Bertz CT molecular complexity index is 260. The summed E-state index contributed by atoms with van der Waals surface area (Å²) in [6, 6.07) is 0. The Morgan fingerprint density at radius 2 is 1.29 bits per heavy atom. The summed E-state index contributed by atoms with van der Waals surface area (Å²) in [4.78, 5) is 0. The van der Waals surface area contributed by atoms with Crippen LogP contribution in [-0.4, -0.2) is 32.0 Å². The van der Waals surface area contributed by atoms with E-state index in [9.17, 15) is 4.57 Å². The van der Waals surface area contributed by atoms with Crippen molar-refractivity contribution in [1.29, 1.82) is 0 Å². The van der Waals surface area contributed by atoms with Crippen molar-refractivity contribution in [3.05, 3.63) is 0 Å².